The normalized spacial score (nSPS) is 33.3. The van der Waals surface area contributed by atoms with E-state index in [4.69, 9.17) is 30.9 Å². The van der Waals surface area contributed by atoms with E-state index in [1.54, 1.807) is 20.8 Å². The number of carbonyl (C=O) groups is 1. The Morgan fingerprint density at radius 1 is 1.55 bits per heavy atom. The highest BCUT2D eigenvalue weighted by atomic mass is 32.5. The van der Waals surface area contributed by atoms with E-state index in [0.717, 1.165) is 0 Å². The molecule has 1 aliphatic rings. The lowest BCUT2D eigenvalue weighted by atomic mass is 10.1. The van der Waals surface area contributed by atoms with Gasteiger partial charge in [-0.3, -0.25) is 4.79 Å². The number of carboxylic acids is 1. The molecular formula is C11H20FO6PS. The Labute approximate surface area is 122 Å². The van der Waals surface area contributed by atoms with E-state index in [1.165, 1.54) is 0 Å². The van der Waals surface area contributed by atoms with Crippen molar-refractivity contribution < 1.29 is 33.2 Å². The summed E-state index contributed by atoms with van der Waals surface area (Å²) in [6.45, 7) is 1.50. The molecule has 0 radical (unpaired) electrons. The van der Waals surface area contributed by atoms with Crippen LogP contribution in [0.5, 0.6) is 0 Å². The molecule has 1 saturated heterocycles. The molecule has 1 unspecified atom stereocenters. The van der Waals surface area contributed by atoms with Crippen LogP contribution in [0.1, 0.15) is 20.8 Å². The summed E-state index contributed by atoms with van der Waals surface area (Å²) < 4.78 is 29.8. The molecule has 0 spiro atoms. The largest absolute Gasteiger partial charge is 0.481 e. The molecule has 118 valence electrons. The second-order valence-electron chi connectivity index (χ2n) is 4.96. The van der Waals surface area contributed by atoms with Crippen LogP contribution in [-0.4, -0.2) is 59.3 Å². The molecule has 0 aliphatic carbocycles. The highest BCUT2D eigenvalue weighted by Crippen LogP contribution is 2.43. The average Bonchev–Trinajstić information content (AvgIpc) is 2.52. The van der Waals surface area contributed by atoms with E-state index in [2.05, 4.69) is 0 Å². The van der Waals surface area contributed by atoms with Gasteiger partial charge in [0.15, 0.2) is 12.7 Å². The minimum atomic E-state index is -3.43. The second-order valence-corrected chi connectivity index (χ2v) is 8.52. The molecule has 1 fully saturated rings. The van der Waals surface area contributed by atoms with Crippen LogP contribution in [0.4, 0.5) is 4.39 Å². The van der Waals surface area contributed by atoms with Crippen LogP contribution in [0.2, 0.25) is 0 Å². The van der Waals surface area contributed by atoms with Crippen molar-refractivity contribution >= 4 is 24.3 Å². The molecule has 0 aromatic carbocycles. The van der Waals surface area contributed by atoms with Gasteiger partial charge >= 0.3 is 5.97 Å². The van der Waals surface area contributed by atoms with E-state index in [9.17, 15) is 14.1 Å². The standard InChI is InChI=1S/C11H20FO6PS/c1-6(2)17-11-8(18-7(3)10(11)12)4-16-19(15,20)5-9(13)14/h6-8,10-11H,4-5H2,1-3H3,(H,13,14)(H,15,20)/t7-,8+,10-,11+,19?/m0/s1. The summed E-state index contributed by atoms with van der Waals surface area (Å²) in [5.41, 5.74) is 0. The quantitative estimate of drug-likeness (QED) is 0.681. The summed E-state index contributed by atoms with van der Waals surface area (Å²) in [4.78, 5) is 20.2. The molecule has 1 heterocycles. The topological polar surface area (TPSA) is 85.2 Å². The smallest absolute Gasteiger partial charge is 0.313 e. The minimum absolute atomic E-state index is 0.189. The molecule has 0 amide bonds. The highest BCUT2D eigenvalue weighted by molar-refractivity contribution is 8.09. The van der Waals surface area contributed by atoms with Crippen molar-refractivity contribution in [3.63, 3.8) is 0 Å². The first-order chi connectivity index (χ1) is 9.12. The number of carboxylic acid groups (broad SMARTS) is 1. The summed E-state index contributed by atoms with van der Waals surface area (Å²) in [6, 6.07) is 0. The van der Waals surface area contributed by atoms with Gasteiger partial charge in [-0.2, -0.15) is 0 Å². The Kier molecular flexibility index (Phi) is 6.50. The van der Waals surface area contributed by atoms with Crippen molar-refractivity contribution in [2.75, 3.05) is 12.8 Å². The fourth-order valence-corrected chi connectivity index (χ4v) is 3.24. The van der Waals surface area contributed by atoms with E-state index in [1.807, 2.05) is 0 Å². The van der Waals surface area contributed by atoms with Gasteiger partial charge in [0.1, 0.15) is 18.4 Å². The van der Waals surface area contributed by atoms with Crippen LogP contribution >= 0.6 is 6.49 Å². The molecule has 6 nitrogen and oxygen atoms in total. The van der Waals surface area contributed by atoms with Crippen LogP contribution in [0, 0.1) is 0 Å². The van der Waals surface area contributed by atoms with Gasteiger partial charge in [-0.1, -0.05) is 0 Å². The van der Waals surface area contributed by atoms with Crippen LogP contribution < -0.4 is 0 Å². The van der Waals surface area contributed by atoms with Gasteiger partial charge in [0.25, 0.3) is 0 Å². The number of hydrogen-bond donors (Lipinski definition) is 2. The van der Waals surface area contributed by atoms with Gasteiger partial charge < -0.3 is 24.0 Å². The van der Waals surface area contributed by atoms with Crippen molar-refractivity contribution in [3.05, 3.63) is 0 Å². The number of aliphatic carboxylic acids is 1. The molecule has 5 atom stereocenters. The van der Waals surface area contributed by atoms with Crippen LogP contribution in [-0.2, 0) is 30.6 Å². The number of hydrogen-bond acceptors (Lipinski definition) is 5. The molecule has 0 aromatic heterocycles. The summed E-state index contributed by atoms with van der Waals surface area (Å²) in [5.74, 6) is -1.24. The zero-order valence-corrected chi connectivity index (χ0v) is 13.3. The summed E-state index contributed by atoms with van der Waals surface area (Å²) in [6.07, 6.45) is -4.31. The van der Waals surface area contributed by atoms with Crippen molar-refractivity contribution in [2.45, 2.75) is 51.4 Å². The number of rotatable bonds is 7. The predicted molar refractivity (Wildman–Crippen MR) is 74.2 cm³/mol. The van der Waals surface area contributed by atoms with Gasteiger partial charge in [0, 0.05) is 0 Å². The Morgan fingerprint density at radius 2 is 2.15 bits per heavy atom. The van der Waals surface area contributed by atoms with Crippen molar-refractivity contribution in [3.8, 4) is 0 Å². The molecule has 2 N–H and O–H groups in total. The molecular weight excluding hydrogens is 310 g/mol. The Bertz CT molecular complexity index is 393. The first kappa shape index (κ1) is 17.9. The third-order valence-corrected chi connectivity index (χ3v) is 4.65. The molecule has 0 aromatic rings. The number of alkyl halides is 1. The lowest BCUT2D eigenvalue weighted by molar-refractivity contribution is -0.134. The summed E-state index contributed by atoms with van der Waals surface area (Å²) in [7, 11) is 0. The zero-order chi connectivity index (χ0) is 15.5. The third-order valence-electron chi connectivity index (χ3n) is 2.72. The van der Waals surface area contributed by atoms with Crippen molar-refractivity contribution in [1.82, 2.24) is 0 Å². The average molecular weight is 330 g/mol. The Morgan fingerprint density at radius 3 is 2.65 bits per heavy atom. The molecule has 1 rings (SSSR count). The molecule has 0 bridgehead atoms. The lowest BCUT2D eigenvalue weighted by Gasteiger charge is -2.23. The molecule has 9 heteroatoms. The summed E-state index contributed by atoms with van der Waals surface area (Å²) >= 11 is 4.71. The Balaban J connectivity index is 2.61. The van der Waals surface area contributed by atoms with E-state index >= 15 is 0 Å². The zero-order valence-electron chi connectivity index (χ0n) is 11.6. The first-order valence-corrected chi connectivity index (χ1v) is 9.11. The molecule has 1 aliphatic heterocycles. The van der Waals surface area contributed by atoms with Gasteiger partial charge in [0.2, 0.25) is 0 Å². The van der Waals surface area contributed by atoms with Gasteiger partial charge in [-0.15, -0.1) is 0 Å². The van der Waals surface area contributed by atoms with Crippen molar-refractivity contribution in [2.24, 2.45) is 0 Å². The molecule has 20 heavy (non-hydrogen) atoms. The van der Waals surface area contributed by atoms with Crippen LogP contribution in [0.25, 0.3) is 0 Å². The Hall–Kier alpha value is -0.110. The maximum Gasteiger partial charge on any atom is 0.313 e. The van der Waals surface area contributed by atoms with E-state index < -0.39 is 43.1 Å². The fraction of sp³-hybridized carbons (Fsp3) is 0.909. The highest BCUT2D eigenvalue weighted by Gasteiger charge is 2.44. The SMILES string of the molecule is CC(C)O[C@H]1[C@@H](F)[C@H](C)O[C@@H]1COP(O)(=S)CC(=O)O. The minimum Gasteiger partial charge on any atom is -0.481 e. The number of halogens is 1. The first-order valence-electron chi connectivity index (χ1n) is 6.25. The van der Waals surface area contributed by atoms with Crippen LogP contribution in [0.3, 0.4) is 0 Å². The monoisotopic (exact) mass is 330 g/mol. The molecule has 0 saturated carbocycles. The third kappa shape index (κ3) is 5.35. The van der Waals surface area contributed by atoms with Gasteiger partial charge in [0.05, 0.1) is 18.8 Å². The van der Waals surface area contributed by atoms with Gasteiger partial charge in [-0.05, 0) is 32.6 Å². The second kappa shape index (κ2) is 7.24. The van der Waals surface area contributed by atoms with Gasteiger partial charge in [-0.25, -0.2) is 4.39 Å². The predicted octanol–water partition coefficient (Wildman–Crippen LogP) is 1.31. The van der Waals surface area contributed by atoms with Crippen molar-refractivity contribution in [1.29, 1.82) is 0 Å². The maximum atomic E-state index is 13.9. The number of ether oxygens (including phenoxy) is 2. The van der Waals surface area contributed by atoms with E-state index in [-0.39, 0.29) is 12.7 Å². The summed E-state index contributed by atoms with van der Waals surface area (Å²) in [5, 5.41) is 8.60. The van der Waals surface area contributed by atoms with Crippen LogP contribution in [0.15, 0.2) is 0 Å². The lowest BCUT2D eigenvalue weighted by Crippen LogP contribution is -2.36. The maximum absolute atomic E-state index is 13.9. The van der Waals surface area contributed by atoms with E-state index in [0.29, 0.717) is 0 Å². The fourth-order valence-electron chi connectivity index (χ4n) is 1.92.